The molecule has 0 spiro atoms. The van der Waals surface area contributed by atoms with Crippen LogP contribution >= 0.6 is 35.3 Å². The molecule has 0 aliphatic carbocycles. The van der Waals surface area contributed by atoms with Crippen molar-refractivity contribution in [3.05, 3.63) is 57.8 Å². The second-order valence-electron chi connectivity index (χ2n) is 6.56. The Hall–Kier alpha value is -1.16. The number of halogens is 1. The van der Waals surface area contributed by atoms with E-state index >= 15 is 0 Å². The number of guanidine groups is 1. The highest BCUT2D eigenvalue weighted by Crippen LogP contribution is 2.23. The highest BCUT2D eigenvalue weighted by molar-refractivity contribution is 14.0. The number of rotatable bonds is 7. The number of nitrogens with two attached hydrogens (primary N) is 1. The predicted molar refractivity (Wildman–Crippen MR) is 124 cm³/mol. The van der Waals surface area contributed by atoms with Gasteiger partial charge in [-0.3, -0.25) is 9.89 Å². The Labute approximate surface area is 183 Å². The Bertz CT molecular complexity index is 702. The number of nitrogens with zero attached hydrogens (tertiary/aromatic N) is 2. The van der Waals surface area contributed by atoms with Crippen LogP contribution in [0.4, 0.5) is 0 Å². The SMILES string of the molecule is Cc1cccc(C(CN=C(N)NCCc2cccs2)N2CCOCC2)c1.I. The summed E-state index contributed by atoms with van der Waals surface area (Å²) in [6, 6.07) is 13.1. The number of thiophene rings is 1. The Balaban J connectivity index is 0.00000261. The van der Waals surface area contributed by atoms with E-state index in [0.29, 0.717) is 12.5 Å². The molecule has 2 aromatic rings. The van der Waals surface area contributed by atoms with Crippen molar-refractivity contribution in [1.82, 2.24) is 10.2 Å². The first-order valence-electron chi connectivity index (χ1n) is 9.17. The molecule has 1 saturated heterocycles. The van der Waals surface area contributed by atoms with Crippen molar-refractivity contribution in [2.75, 3.05) is 39.4 Å². The normalized spacial score (nSPS) is 16.6. The van der Waals surface area contributed by atoms with Gasteiger partial charge in [-0.2, -0.15) is 0 Å². The van der Waals surface area contributed by atoms with E-state index in [4.69, 9.17) is 10.5 Å². The smallest absolute Gasteiger partial charge is 0.188 e. The molecule has 1 fully saturated rings. The average Bonchev–Trinajstić information content (AvgIpc) is 3.16. The molecule has 0 amide bonds. The second kappa shape index (κ2) is 11.6. The first-order valence-corrected chi connectivity index (χ1v) is 10.0. The number of hydrogen-bond donors (Lipinski definition) is 2. The van der Waals surface area contributed by atoms with E-state index < -0.39 is 0 Å². The molecule has 148 valence electrons. The molecule has 27 heavy (non-hydrogen) atoms. The molecule has 5 nitrogen and oxygen atoms in total. The summed E-state index contributed by atoms with van der Waals surface area (Å²) in [7, 11) is 0. The van der Waals surface area contributed by atoms with Crippen LogP contribution in [-0.4, -0.2) is 50.3 Å². The van der Waals surface area contributed by atoms with Gasteiger partial charge in [-0.15, -0.1) is 35.3 Å². The summed E-state index contributed by atoms with van der Waals surface area (Å²) in [5, 5.41) is 5.33. The predicted octanol–water partition coefficient (Wildman–Crippen LogP) is 3.19. The first kappa shape index (κ1) is 22.1. The van der Waals surface area contributed by atoms with Gasteiger partial charge >= 0.3 is 0 Å². The average molecular weight is 500 g/mol. The van der Waals surface area contributed by atoms with E-state index in [0.717, 1.165) is 39.3 Å². The molecule has 3 N–H and O–H groups in total. The maximum Gasteiger partial charge on any atom is 0.188 e. The van der Waals surface area contributed by atoms with Gasteiger partial charge in [0.25, 0.3) is 0 Å². The lowest BCUT2D eigenvalue weighted by Gasteiger charge is -2.34. The molecule has 7 heteroatoms. The maximum atomic E-state index is 6.10. The number of morpholine rings is 1. The van der Waals surface area contributed by atoms with Gasteiger partial charge < -0.3 is 15.8 Å². The van der Waals surface area contributed by atoms with Gasteiger partial charge in [0, 0.05) is 24.5 Å². The number of benzene rings is 1. The van der Waals surface area contributed by atoms with Crippen molar-refractivity contribution in [2.24, 2.45) is 10.7 Å². The van der Waals surface area contributed by atoms with Crippen LogP contribution in [0.1, 0.15) is 22.0 Å². The quantitative estimate of drug-likeness (QED) is 0.348. The third kappa shape index (κ3) is 7.06. The number of aryl methyl sites for hydroxylation is 1. The Morgan fingerprint density at radius 2 is 2.11 bits per heavy atom. The van der Waals surface area contributed by atoms with Crippen molar-refractivity contribution in [2.45, 2.75) is 19.4 Å². The van der Waals surface area contributed by atoms with E-state index in [-0.39, 0.29) is 30.0 Å². The molecule has 2 heterocycles. The fourth-order valence-corrected chi connectivity index (χ4v) is 3.92. The molecule has 1 atom stereocenters. The zero-order valence-electron chi connectivity index (χ0n) is 15.8. The van der Waals surface area contributed by atoms with Crippen LogP contribution in [0.25, 0.3) is 0 Å². The largest absolute Gasteiger partial charge is 0.379 e. The summed E-state index contributed by atoms with van der Waals surface area (Å²) < 4.78 is 5.51. The molecule has 0 bridgehead atoms. The first-order chi connectivity index (χ1) is 12.7. The molecule has 3 rings (SSSR count). The summed E-state index contributed by atoms with van der Waals surface area (Å²) in [6.07, 6.45) is 0.971. The van der Waals surface area contributed by atoms with E-state index in [2.05, 4.69) is 63.9 Å². The molecular formula is C20H29IN4OS. The van der Waals surface area contributed by atoms with Crippen LogP contribution in [0.5, 0.6) is 0 Å². The van der Waals surface area contributed by atoms with Crippen LogP contribution in [0.3, 0.4) is 0 Å². The lowest BCUT2D eigenvalue weighted by molar-refractivity contribution is 0.0180. The standard InChI is InChI=1S/C20H28N4OS.HI/c1-16-4-2-5-17(14-16)19(24-9-11-25-12-10-24)15-23-20(21)22-8-7-18-6-3-13-26-18;/h2-6,13-14,19H,7-12,15H2,1H3,(H3,21,22,23);1H. The summed E-state index contributed by atoms with van der Waals surface area (Å²) in [5.41, 5.74) is 8.66. The zero-order valence-corrected chi connectivity index (χ0v) is 18.9. The molecule has 1 aliphatic heterocycles. The van der Waals surface area contributed by atoms with Crippen molar-refractivity contribution in [3.8, 4) is 0 Å². The fraction of sp³-hybridized carbons (Fsp3) is 0.450. The highest BCUT2D eigenvalue weighted by atomic mass is 127. The van der Waals surface area contributed by atoms with Crippen molar-refractivity contribution >= 4 is 41.3 Å². The van der Waals surface area contributed by atoms with Crippen molar-refractivity contribution in [1.29, 1.82) is 0 Å². The van der Waals surface area contributed by atoms with E-state index in [1.54, 1.807) is 11.3 Å². The van der Waals surface area contributed by atoms with Crippen LogP contribution < -0.4 is 11.1 Å². The van der Waals surface area contributed by atoms with Gasteiger partial charge in [0.15, 0.2) is 5.96 Å². The van der Waals surface area contributed by atoms with Gasteiger partial charge in [-0.25, -0.2) is 0 Å². The molecular weight excluding hydrogens is 471 g/mol. The van der Waals surface area contributed by atoms with Crippen LogP contribution in [0.15, 0.2) is 46.8 Å². The second-order valence-corrected chi connectivity index (χ2v) is 7.59. The topological polar surface area (TPSA) is 62.9 Å². The fourth-order valence-electron chi connectivity index (χ4n) is 3.21. The molecule has 1 aromatic heterocycles. The number of aliphatic imine (C=N–C) groups is 1. The van der Waals surface area contributed by atoms with E-state index in [9.17, 15) is 0 Å². The van der Waals surface area contributed by atoms with Crippen LogP contribution in [-0.2, 0) is 11.2 Å². The third-order valence-corrected chi connectivity index (χ3v) is 5.54. The van der Waals surface area contributed by atoms with Crippen molar-refractivity contribution in [3.63, 3.8) is 0 Å². The van der Waals surface area contributed by atoms with Gasteiger partial charge in [0.05, 0.1) is 25.8 Å². The summed E-state index contributed by atoms with van der Waals surface area (Å²) in [4.78, 5) is 8.43. The number of ether oxygens (including phenoxy) is 1. The Kier molecular flexibility index (Phi) is 9.53. The molecule has 1 unspecified atom stereocenters. The summed E-state index contributed by atoms with van der Waals surface area (Å²) in [5.74, 6) is 0.521. The van der Waals surface area contributed by atoms with Crippen molar-refractivity contribution < 1.29 is 4.74 Å². The Morgan fingerprint density at radius 1 is 1.30 bits per heavy atom. The van der Waals surface area contributed by atoms with E-state index in [1.807, 2.05) is 0 Å². The lowest BCUT2D eigenvalue weighted by atomic mass is 10.0. The summed E-state index contributed by atoms with van der Waals surface area (Å²) in [6.45, 7) is 7.01. The minimum atomic E-state index is 0. The zero-order chi connectivity index (χ0) is 18.2. The minimum Gasteiger partial charge on any atom is -0.379 e. The summed E-state index contributed by atoms with van der Waals surface area (Å²) >= 11 is 1.77. The highest BCUT2D eigenvalue weighted by Gasteiger charge is 2.22. The molecule has 0 saturated carbocycles. The monoisotopic (exact) mass is 500 g/mol. The molecule has 1 aromatic carbocycles. The number of hydrogen-bond acceptors (Lipinski definition) is 4. The molecule has 0 radical (unpaired) electrons. The van der Waals surface area contributed by atoms with Gasteiger partial charge in [0.2, 0.25) is 0 Å². The molecule has 1 aliphatic rings. The van der Waals surface area contributed by atoms with Crippen LogP contribution in [0, 0.1) is 6.92 Å². The van der Waals surface area contributed by atoms with Gasteiger partial charge in [0.1, 0.15) is 0 Å². The Morgan fingerprint density at radius 3 is 2.81 bits per heavy atom. The lowest BCUT2D eigenvalue weighted by Crippen LogP contribution is -2.41. The van der Waals surface area contributed by atoms with Crippen LogP contribution in [0.2, 0.25) is 0 Å². The third-order valence-electron chi connectivity index (χ3n) is 4.61. The maximum absolute atomic E-state index is 6.10. The minimum absolute atomic E-state index is 0. The number of nitrogens with one attached hydrogen (secondary N) is 1. The van der Waals surface area contributed by atoms with Gasteiger partial charge in [-0.05, 0) is 30.4 Å². The van der Waals surface area contributed by atoms with Gasteiger partial charge in [-0.1, -0.05) is 35.9 Å². The van der Waals surface area contributed by atoms with E-state index in [1.165, 1.54) is 16.0 Å².